The van der Waals surface area contributed by atoms with E-state index in [1.54, 1.807) is 0 Å². The average Bonchev–Trinajstić information content (AvgIpc) is 3.01. The SMILES string of the molecule is N#Cc1cc(F)c(NS(=O)(=O)C2=CCc3cc(C(F)(F)F)ccc32)cc1F. The molecule has 1 aliphatic rings. The van der Waals surface area contributed by atoms with Gasteiger partial charge in [-0.25, -0.2) is 17.2 Å². The molecule has 0 spiro atoms. The van der Waals surface area contributed by atoms with E-state index >= 15 is 0 Å². The molecule has 0 atom stereocenters. The maximum Gasteiger partial charge on any atom is 0.416 e. The lowest BCUT2D eigenvalue weighted by Crippen LogP contribution is -2.15. The summed E-state index contributed by atoms with van der Waals surface area (Å²) in [7, 11) is -4.39. The van der Waals surface area contributed by atoms with Crippen LogP contribution in [-0.2, 0) is 22.6 Å². The molecule has 0 saturated heterocycles. The Bertz CT molecular complexity index is 1120. The van der Waals surface area contributed by atoms with Gasteiger partial charge >= 0.3 is 6.18 Å². The summed E-state index contributed by atoms with van der Waals surface area (Å²) in [6.07, 6.45) is -3.44. The third-order valence-corrected chi connectivity index (χ3v) is 5.37. The van der Waals surface area contributed by atoms with Crippen molar-refractivity contribution in [2.24, 2.45) is 0 Å². The van der Waals surface area contributed by atoms with Crippen LogP contribution in [0.5, 0.6) is 0 Å². The smallest absolute Gasteiger partial charge is 0.277 e. The number of halogens is 5. The van der Waals surface area contributed by atoms with Gasteiger partial charge in [0.25, 0.3) is 10.0 Å². The Balaban J connectivity index is 1.95. The van der Waals surface area contributed by atoms with Crippen molar-refractivity contribution in [3.8, 4) is 6.07 Å². The van der Waals surface area contributed by atoms with Gasteiger partial charge < -0.3 is 0 Å². The van der Waals surface area contributed by atoms with Crippen LogP contribution in [-0.4, -0.2) is 8.42 Å². The number of fused-ring (bicyclic) bond motifs is 1. The number of allylic oxidation sites excluding steroid dienone is 1. The molecule has 0 aromatic heterocycles. The second-order valence-corrected chi connectivity index (χ2v) is 7.32. The third kappa shape index (κ3) is 3.50. The van der Waals surface area contributed by atoms with Crippen molar-refractivity contribution in [3.05, 3.63) is 70.3 Å². The van der Waals surface area contributed by atoms with Crippen LogP contribution < -0.4 is 4.72 Å². The van der Waals surface area contributed by atoms with E-state index in [1.165, 1.54) is 12.1 Å². The fourth-order valence-electron chi connectivity index (χ4n) is 2.66. The highest BCUT2D eigenvalue weighted by Crippen LogP contribution is 2.37. The zero-order valence-corrected chi connectivity index (χ0v) is 14.0. The zero-order chi connectivity index (χ0) is 20.0. The zero-order valence-electron chi connectivity index (χ0n) is 13.2. The monoisotopic (exact) mass is 400 g/mol. The maximum atomic E-state index is 13.9. The summed E-state index contributed by atoms with van der Waals surface area (Å²) < 4.78 is 92.8. The molecule has 2 aromatic carbocycles. The number of nitrogens with zero attached hydrogens (tertiary/aromatic N) is 1. The number of rotatable bonds is 3. The number of nitrogens with one attached hydrogen (secondary N) is 1. The summed E-state index contributed by atoms with van der Waals surface area (Å²) >= 11 is 0. The van der Waals surface area contributed by atoms with Crippen LogP contribution in [0, 0.1) is 23.0 Å². The first-order chi connectivity index (χ1) is 12.5. The van der Waals surface area contributed by atoms with Gasteiger partial charge in [0.05, 0.1) is 21.7 Å². The summed E-state index contributed by atoms with van der Waals surface area (Å²) in [5.74, 6) is -2.28. The molecule has 140 valence electrons. The molecule has 0 bridgehead atoms. The average molecular weight is 400 g/mol. The van der Waals surface area contributed by atoms with Gasteiger partial charge in [-0.1, -0.05) is 12.1 Å². The molecule has 2 aromatic rings. The Labute approximate surface area is 150 Å². The van der Waals surface area contributed by atoms with Crippen LogP contribution in [0.4, 0.5) is 27.6 Å². The van der Waals surface area contributed by atoms with Crippen molar-refractivity contribution < 1.29 is 30.4 Å². The van der Waals surface area contributed by atoms with Gasteiger partial charge in [-0.15, -0.1) is 0 Å². The molecule has 27 heavy (non-hydrogen) atoms. The molecule has 1 aliphatic carbocycles. The predicted octanol–water partition coefficient (Wildman–Crippen LogP) is 4.19. The summed E-state index contributed by atoms with van der Waals surface area (Å²) in [4.78, 5) is -0.338. The third-order valence-electron chi connectivity index (χ3n) is 3.92. The van der Waals surface area contributed by atoms with E-state index in [0.717, 1.165) is 18.2 Å². The molecule has 0 unspecified atom stereocenters. The second kappa shape index (κ2) is 6.35. The van der Waals surface area contributed by atoms with Gasteiger partial charge in [0, 0.05) is 6.07 Å². The maximum absolute atomic E-state index is 13.9. The molecular formula is C17H9F5N2O2S. The van der Waals surface area contributed by atoms with Crippen LogP contribution in [0.3, 0.4) is 0 Å². The Morgan fingerprint density at radius 3 is 2.41 bits per heavy atom. The molecule has 0 amide bonds. The van der Waals surface area contributed by atoms with E-state index in [4.69, 9.17) is 5.26 Å². The van der Waals surface area contributed by atoms with Crippen LogP contribution in [0.2, 0.25) is 0 Å². The topological polar surface area (TPSA) is 70.0 Å². The predicted molar refractivity (Wildman–Crippen MR) is 86.7 cm³/mol. The van der Waals surface area contributed by atoms with Crippen molar-refractivity contribution in [1.82, 2.24) is 0 Å². The van der Waals surface area contributed by atoms with Crippen molar-refractivity contribution in [1.29, 1.82) is 5.26 Å². The summed E-state index contributed by atoms with van der Waals surface area (Å²) in [6, 6.07) is 5.09. The Morgan fingerprint density at radius 2 is 1.78 bits per heavy atom. The van der Waals surface area contributed by atoms with Crippen molar-refractivity contribution in [2.75, 3.05) is 4.72 Å². The van der Waals surface area contributed by atoms with E-state index in [9.17, 15) is 30.4 Å². The molecule has 3 rings (SSSR count). The summed E-state index contributed by atoms with van der Waals surface area (Å²) in [6.45, 7) is 0. The quantitative estimate of drug-likeness (QED) is 0.786. The highest BCUT2D eigenvalue weighted by Gasteiger charge is 2.33. The fourth-order valence-corrected chi connectivity index (χ4v) is 4.00. The number of sulfonamides is 1. The normalized spacial score (nSPS) is 13.7. The van der Waals surface area contributed by atoms with Gasteiger partial charge in [-0.3, -0.25) is 4.72 Å². The fraction of sp³-hybridized carbons (Fsp3) is 0.118. The van der Waals surface area contributed by atoms with Gasteiger partial charge in [-0.05, 0) is 35.7 Å². The molecule has 0 heterocycles. The van der Waals surface area contributed by atoms with E-state index in [-0.39, 0.29) is 22.5 Å². The molecule has 1 N–H and O–H groups in total. The van der Waals surface area contributed by atoms with Crippen LogP contribution in [0.1, 0.15) is 22.3 Å². The number of nitriles is 1. The molecular weight excluding hydrogens is 391 g/mol. The lowest BCUT2D eigenvalue weighted by molar-refractivity contribution is -0.137. The molecule has 0 saturated carbocycles. The number of hydrogen-bond donors (Lipinski definition) is 1. The van der Waals surface area contributed by atoms with Crippen LogP contribution in [0.25, 0.3) is 4.91 Å². The highest BCUT2D eigenvalue weighted by atomic mass is 32.2. The summed E-state index contributed by atoms with van der Waals surface area (Å²) in [5.41, 5.74) is -2.03. The molecule has 0 radical (unpaired) electrons. The van der Waals surface area contributed by atoms with Crippen molar-refractivity contribution in [3.63, 3.8) is 0 Å². The summed E-state index contributed by atoms with van der Waals surface area (Å²) in [5, 5.41) is 8.64. The van der Waals surface area contributed by atoms with Gasteiger partial charge in [0.2, 0.25) is 0 Å². The first kappa shape index (κ1) is 18.8. The Kier molecular flexibility index (Phi) is 4.43. The van der Waals surface area contributed by atoms with Crippen LogP contribution in [0.15, 0.2) is 36.4 Å². The number of anilines is 1. The van der Waals surface area contributed by atoms with E-state index in [0.29, 0.717) is 12.1 Å². The lowest BCUT2D eigenvalue weighted by atomic mass is 10.1. The molecule has 10 heteroatoms. The first-order valence-corrected chi connectivity index (χ1v) is 8.84. The molecule has 0 aliphatic heterocycles. The number of hydrogen-bond acceptors (Lipinski definition) is 3. The Morgan fingerprint density at radius 1 is 1.07 bits per heavy atom. The first-order valence-electron chi connectivity index (χ1n) is 7.35. The van der Waals surface area contributed by atoms with E-state index < -0.39 is 44.6 Å². The van der Waals surface area contributed by atoms with Gasteiger partial charge in [-0.2, -0.15) is 18.4 Å². The van der Waals surface area contributed by atoms with Gasteiger partial charge in [0.15, 0.2) is 0 Å². The van der Waals surface area contributed by atoms with Crippen molar-refractivity contribution in [2.45, 2.75) is 12.6 Å². The standard InChI is InChI=1S/C17H9F5N2O2S/c18-13-7-15(14(19)6-10(13)8-23)24-27(25,26)16-4-1-9-5-11(17(20,21)22)2-3-12(9)16/h2-7,24H,1H2. The minimum atomic E-state index is -4.57. The van der Waals surface area contributed by atoms with Crippen LogP contribution >= 0.6 is 0 Å². The second-order valence-electron chi connectivity index (χ2n) is 5.67. The highest BCUT2D eigenvalue weighted by molar-refractivity contribution is 8.01. The molecule has 0 fully saturated rings. The minimum absolute atomic E-state index is 0.0463. The molecule has 4 nitrogen and oxygen atoms in total. The number of benzene rings is 2. The van der Waals surface area contributed by atoms with Crippen molar-refractivity contribution >= 4 is 20.6 Å². The lowest BCUT2D eigenvalue weighted by Gasteiger charge is -2.13. The van der Waals surface area contributed by atoms with E-state index in [1.807, 2.05) is 4.72 Å². The minimum Gasteiger partial charge on any atom is -0.277 e. The largest absolute Gasteiger partial charge is 0.416 e. The number of alkyl halides is 3. The van der Waals surface area contributed by atoms with Gasteiger partial charge in [0.1, 0.15) is 17.7 Å². The Hall–Kier alpha value is -2.93. The van der Waals surface area contributed by atoms with E-state index in [2.05, 4.69) is 0 Å².